The number of amides is 2. The topological polar surface area (TPSA) is 111 Å². The summed E-state index contributed by atoms with van der Waals surface area (Å²) in [6.07, 6.45) is 6.67. The second-order valence-corrected chi connectivity index (χ2v) is 12.5. The van der Waals surface area contributed by atoms with E-state index >= 15 is 0 Å². The summed E-state index contributed by atoms with van der Waals surface area (Å²) in [6, 6.07) is 18.7. The minimum atomic E-state index is -1.14. The highest BCUT2D eigenvalue weighted by molar-refractivity contribution is 5.93. The van der Waals surface area contributed by atoms with Crippen LogP contribution >= 0.6 is 0 Å². The van der Waals surface area contributed by atoms with Crippen molar-refractivity contribution in [2.24, 2.45) is 17.3 Å². The average Bonchev–Trinajstić information content (AvgIpc) is 3.00. The number of nitrogens with one attached hydrogen (secondary N) is 2. The van der Waals surface area contributed by atoms with Gasteiger partial charge in [-0.2, -0.15) is 0 Å². The highest BCUT2D eigenvalue weighted by Crippen LogP contribution is 2.23. The van der Waals surface area contributed by atoms with E-state index in [1.807, 2.05) is 93.6 Å². The molecule has 4 atom stereocenters. The van der Waals surface area contributed by atoms with Crippen molar-refractivity contribution in [3.63, 3.8) is 0 Å². The summed E-state index contributed by atoms with van der Waals surface area (Å²) in [5.74, 6) is -2.25. The lowest BCUT2D eigenvalue weighted by atomic mass is 9.93. The van der Waals surface area contributed by atoms with Crippen LogP contribution in [0, 0.1) is 17.3 Å². The predicted octanol–water partition coefficient (Wildman–Crippen LogP) is 5.43. The molecule has 44 heavy (non-hydrogen) atoms. The van der Waals surface area contributed by atoms with Crippen LogP contribution in [0.2, 0.25) is 0 Å². The second kappa shape index (κ2) is 16.6. The molecule has 1 aliphatic heterocycles. The summed E-state index contributed by atoms with van der Waals surface area (Å²) in [5, 5.41) is 5.62. The Hall–Kier alpha value is -4.20. The summed E-state index contributed by atoms with van der Waals surface area (Å²) >= 11 is 0. The van der Waals surface area contributed by atoms with Gasteiger partial charge in [-0.05, 0) is 56.2 Å². The molecule has 3 rings (SSSR count). The zero-order valence-electron chi connectivity index (χ0n) is 26.5. The third-order valence-corrected chi connectivity index (χ3v) is 7.54. The van der Waals surface area contributed by atoms with Crippen molar-refractivity contribution < 1.29 is 28.7 Å². The van der Waals surface area contributed by atoms with Gasteiger partial charge in [-0.3, -0.25) is 14.4 Å². The van der Waals surface area contributed by atoms with E-state index in [0.29, 0.717) is 12.8 Å². The molecule has 2 aromatic carbocycles. The van der Waals surface area contributed by atoms with Crippen molar-refractivity contribution in [2.45, 2.75) is 78.6 Å². The van der Waals surface area contributed by atoms with Gasteiger partial charge < -0.3 is 20.1 Å². The largest absolute Gasteiger partial charge is 0.459 e. The molecule has 2 aromatic rings. The average molecular weight is 603 g/mol. The molecule has 1 unspecified atom stereocenters. The van der Waals surface area contributed by atoms with E-state index in [9.17, 15) is 19.2 Å². The van der Waals surface area contributed by atoms with Crippen LogP contribution in [-0.2, 0) is 35.1 Å². The molecule has 8 nitrogen and oxygen atoms in total. The SMILES string of the molecule is CC(C)CC1OC(=O)C(C)(C)CNC(=O)[C@@H](CCc2ccccc2)NC(=O)/C=C/C[C@@H]([C@H](C)/C=C/c2ccccc2)OC1=O. The molecule has 0 spiro atoms. The maximum absolute atomic E-state index is 13.4. The fourth-order valence-electron chi connectivity index (χ4n) is 4.71. The van der Waals surface area contributed by atoms with E-state index in [0.717, 1.165) is 11.1 Å². The molecule has 1 aliphatic rings. The van der Waals surface area contributed by atoms with Gasteiger partial charge in [0.2, 0.25) is 11.8 Å². The number of carbonyl (C=O) groups is 4. The van der Waals surface area contributed by atoms with Gasteiger partial charge in [0.15, 0.2) is 6.10 Å². The highest BCUT2D eigenvalue weighted by atomic mass is 16.6. The second-order valence-electron chi connectivity index (χ2n) is 12.5. The number of hydrogen-bond donors (Lipinski definition) is 2. The van der Waals surface area contributed by atoms with Crippen LogP contribution in [0.4, 0.5) is 0 Å². The molecule has 0 bridgehead atoms. The Bertz CT molecular complexity index is 1300. The molecule has 236 valence electrons. The Morgan fingerprint density at radius 1 is 0.932 bits per heavy atom. The highest BCUT2D eigenvalue weighted by Gasteiger charge is 2.36. The van der Waals surface area contributed by atoms with Crippen LogP contribution in [0.5, 0.6) is 0 Å². The van der Waals surface area contributed by atoms with Gasteiger partial charge in [0.25, 0.3) is 0 Å². The lowest BCUT2D eigenvalue weighted by Crippen LogP contribution is -2.50. The number of aryl methyl sites for hydroxylation is 1. The molecule has 0 radical (unpaired) electrons. The normalized spacial score (nSPS) is 23.4. The third kappa shape index (κ3) is 11.1. The van der Waals surface area contributed by atoms with Crippen molar-refractivity contribution in [3.05, 3.63) is 90.0 Å². The van der Waals surface area contributed by atoms with E-state index in [4.69, 9.17) is 9.47 Å². The van der Waals surface area contributed by atoms with Crippen LogP contribution in [-0.4, -0.2) is 48.5 Å². The molecule has 0 aromatic heterocycles. The standard InChI is InChI=1S/C36H46N2O6/c1-25(2)23-31-34(41)43-30(26(3)19-20-27-13-8-6-9-14-27)17-12-18-32(39)38-29(22-21-28-15-10-7-11-16-28)33(40)37-24-36(4,5)35(42)44-31/h6-16,18-20,25-26,29-31H,17,21-24H2,1-5H3,(H,37,40)(H,38,39)/b18-12+,20-19+/t26-,29-,30+,31?/m1/s1. The van der Waals surface area contributed by atoms with E-state index in [-0.39, 0.29) is 31.2 Å². The number of benzene rings is 2. The molecule has 0 aliphatic carbocycles. The maximum Gasteiger partial charge on any atom is 0.347 e. The van der Waals surface area contributed by atoms with Crippen LogP contribution in [0.15, 0.2) is 78.9 Å². The number of cyclic esters (lactones) is 2. The monoisotopic (exact) mass is 602 g/mol. The van der Waals surface area contributed by atoms with Gasteiger partial charge in [0, 0.05) is 18.9 Å². The Morgan fingerprint density at radius 3 is 2.25 bits per heavy atom. The number of rotatable bonds is 8. The van der Waals surface area contributed by atoms with Crippen LogP contribution in [0.25, 0.3) is 6.08 Å². The molecule has 8 heteroatoms. The molecular weight excluding hydrogens is 556 g/mol. The summed E-state index contributed by atoms with van der Waals surface area (Å²) < 4.78 is 11.7. The zero-order valence-corrected chi connectivity index (χ0v) is 26.5. The number of hydrogen-bond acceptors (Lipinski definition) is 6. The van der Waals surface area contributed by atoms with Gasteiger partial charge in [-0.25, -0.2) is 4.79 Å². The van der Waals surface area contributed by atoms with E-state index < -0.39 is 47.4 Å². The van der Waals surface area contributed by atoms with Gasteiger partial charge >= 0.3 is 11.9 Å². The molecule has 0 saturated heterocycles. The first kappa shape index (κ1) is 34.3. The molecule has 1 heterocycles. The Labute approximate surface area is 261 Å². The van der Waals surface area contributed by atoms with Gasteiger partial charge in [-0.15, -0.1) is 0 Å². The summed E-state index contributed by atoms with van der Waals surface area (Å²) in [5.41, 5.74) is 0.906. The minimum absolute atomic E-state index is 0.0361. The first-order valence-electron chi connectivity index (χ1n) is 15.4. The Kier molecular flexibility index (Phi) is 12.9. The summed E-state index contributed by atoms with van der Waals surface area (Å²) in [6.45, 7) is 9.06. The summed E-state index contributed by atoms with van der Waals surface area (Å²) in [4.78, 5) is 53.0. The van der Waals surface area contributed by atoms with Gasteiger partial charge in [0.1, 0.15) is 12.1 Å². The quantitative estimate of drug-likeness (QED) is 0.390. The summed E-state index contributed by atoms with van der Waals surface area (Å²) in [7, 11) is 0. The zero-order chi connectivity index (χ0) is 32.1. The lowest BCUT2D eigenvalue weighted by molar-refractivity contribution is -0.178. The van der Waals surface area contributed by atoms with E-state index in [1.54, 1.807) is 19.9 Å². The van der Waals surface area contributed by atoms with E-state index in [1.165, 1.54) is 6.08 Å². The minimum Gasteiger partial charge on any atom is -0.459 e. The number of ether oxygens (including phenoxy) is 2. The van der Waals surface area contributed by atoms with Crippen molar-refractivity contribution in [1.29, 1.82) is 0 Å². The maximum atomic E-state index is 13.4. The van der Waals surface area contributed by atoms with Crippen molar-refractivity contribution >= 4 is 29.8 Å². The predicted molar refractivity (Wildman–Crippen MR) is 171 cm³/mol. The van der Waals surface area contributed by atoms with Crippen LogP contribution in [0.3, 0.4) is 0 Å². The van der Waals surface area contributed by atoms with Gasteiger partial charge in [-0.1, -0.05) is 99.7 Å². The fraction of sp³-hybridized carbons (Fsp3) is 0.444. The molecule has 2 N–H and O–H groups in total. The fourth-order valence-corrected chi connectivity index (χ4v) is 4.71. The first-order valence-corrected chi connectivity index (χ1v) is 15.4. The Balaban J connectivity index is 1.89. The number of carbonyl (C=O) groups excluding carboxylic acids is 4. The van der Waals surface area contributed by atoms with Crippen LogP contribution < -0.4 is 10.6 Å². The van der Waals surface area contributed by atoms with Crippen molar-refractivity contribution in [1.82, 2.24) is 10.6 Å². The third-order valence-electron chi connectivity index (χ3n) is 7.54. The Morgan fingerprint density at radius 2 is 1.59 bits per heavy atom. The molecule has 0 fully saturated rings. The van der Waals surface area contributed by atoms with Crippen molar-refractivity contribution in [2.75, 3.05) is 6.54 Å². The molecule has 0 saturated carbocycles. The number of esters is 2. The molecule has 2 amide bonds. The van der Waals surface area contributed by atoms with Crippen LogP contribution in [0.1, 0.15) is 65.0 Å². The smallest absolute Gasteiger partial charge is 0.347 e. The lowest BCUT2D eigenvalue weighted by Gasteiger charge is -2.29. The molecular formula is C36H46N2O6. The van der Waals surface area contributed by atoms with Crippen molar-refractivity contribution in [3.8, 4) is 0 Å². The van der Waals surface area contributed by atoms with E-state index in [2.05, 4.69) is 10.6 Å². The van der Waals surface area contributed by atoms with Gasteiger partial charge in [0.05, 0.1) is 5.41 Å². The first-order chi connectivity index (χ1) is 20.9.